The molecule has 2 aromatic rings. The van der Waals surface area contributed by atoms with Crippen LogP contribution in [0.4, 0.5) is 5.82 Å². The van der Waals surface area contributed by atoms with Crippen LogP contribution in [0, 0.1) is 0 Å². The maximum Gasteiger partial charge on any atom is 0.157 e. The Morgan fingerprint density at radius 2 is 2.29 bits per heavy atom. The minimum absolute atomic E-state index is 0.576. The lowest BCUT2D eigenvalue weighted by molar-refractivity contribution is 0.141. The lowest BCUT2D eigenvalue weighted by Gasteiger charge is -2.06. The average Bonchev–Trinajstić information content (AvgIpc) is 2.81. The van der Waals surface area contributed by atoms with Crippen molar-refractivity contribution in [2.45, 2.75) is 6.42 Å². The van der Waals surface area contributed by atoms with Crippen LogP contribution in [0.15, 0.2) is 24.5 Å². The van der Waals surface area contributed by atoms with Crippen molar-refractivity contribution < 1.29 is 4.74 Å². The molecule has 17 heavy (non-hydrogen) atoms. The fourth-order valence-corrected chi connectivity index (χ4v) is 1.49. The minimum Gasteiger partial charge on any atom is -0.380 e. The summed E-state index contributed by atoms with van der Waals surface area (Å²) in [4.78, 5) is 4.40. The van der Waals surface area contributed by atoms with Crippen LogP contribution >= 0.6 is 0 Å². The number of rotatable bonds is 7. The van der Waals surface area contributed by atoms with Crippen LogP contribution in [-0.2, 0) is 4.74 Å². The van der Waals surface area contributed by atoms with Crippen LogP contribution in [0.1, 0.15) is 6.42 Å². The minimum atomic E-state index is 0.576. The zero-order chi connectivity index (χ0) is 11.9. The van der Waals surface area contributed by atoms with E-state index in [2.05, 4.69) is 15.4 Å². The molecule has 3 N–H and O–H groups in total. The van der Waals surface area contributed by atoms with Gasteiger partial charge in [-0.1, -0.05) is 0 Å². The Kier molecular flexibility index (Phi) is 4.29. The molecule has 0 fully saturated rings. The molecule has 0 aliphatic rings. The number of hydrogen-bond donors (Lipinski definition) is 2. The standard InChI is InChI=1S/C11H17N5O/c12-4-9-17-8-1-5-13-10-3-7-16-11(15-10)2-6-14-16/h2-3,6-7H,1,4-5,8-9,12H2,(H,13,15). The Morgan fingerprint density at radius 1 is 1.35 bits per heavy atom. The number of nitrogens with zero attached hydrogens (tertiary/aromatic N) is 3. The van der Waals surface area contributed by atoms with Gasteiger partial charge in [0.05, 0.1) is 12.8 Å². The molecule has 0 aromatic carbocycles. The second kappa shape index (κ2) is 6.17. The van der Waals surface area contributed by atoms with Crippen LogP contribution in [0.25, 0.3) is 5.65 Å². The second-order valence-electron chi connectivity index (χ2n) is 3.63. The number of fused-ring (bicyclic) bond motifs is 1. The fraction of sp³-hybridized carbons (Fsp3) is 0.455. The van der Waals surface area contributed by atoms with Gasteiger partial charge in [-0.15, -0.1) is 0 Å². The molecule has 0 saturated heterocycles. The summed E-state index contributed by atoms with van der Waals surface area (Å²) in [6, 6.07) is 3.77. The Balaban J connectivity index is 1.75. The molecule has 2 aromatic heterocycles. The van der Waals surface area contributed by atoms with Gasteiger partial charge in [-0.05, 0) is 12.5 Å². The van der Waals surface area contributed by atoms with Crippen LogP contribution in [0.5, 0.6) is 0 Å². The van der Waals surface area contributed by atoms with E-state index >= 15 is 0 Å². The monoisotopic (exact) mass is 235 g/mol. The van der Waals surface area contributed by atoms with E-state index in [0.29, 0.717) is 13.2 Å². The highest BCUT2D eigenvalue weighted by Gasteiger charge is 1.97. The first-order valence-corrected chi connectivity index (χ1v) is 5.72. The maximum absolute atomic E-state index is 5.32. The summed E-state index contributed by atoms with van der Waals surface area (Å²) in [5.74, 6) is 0.858. The van der Waals surface area contributed by atoms with Crippen LogP contribution < -0.4 is 11.1 Å². The molecule has 92 valence electrons. The van der Waals surface area contributed by atoms with E-state index in [4.69, 9.17) is 10.5 Å². The number of anilines is 1. The quantitative estimate of drug-likeness (QED) is 0.684. The summed E-state index contributed by atoms with van der Waals surface area (Å²) >= 11 is 0. The molecule has 0 bridgehead atoms. The number of hydrogen-bond acceptors (Lipinski definition) is 5. The van der Waals surface area contributed by atoms with Gasteiger partial charge in [0.25, 0.3) is 0 Å². The molecule has 6 nitrogen and oxygen atoms in total. The Labute approximate surface area is 99.8 Å². The first-order valence-electron chi connectivity index (χ1n) is 5.72. The molecule has 6 heteroatoms. The van der Waals surface area contributed by atoms with Crippen molar-refractivity contribution in [3.05, 3.63) is 24.5 Å². The van der Waals surface area contributed by atoms with Crippen LogP contribution in [0.3, 0.4) is 0 Å². The highest BCUT2D eigenvalue weighted by Crippen LogP contribution is 2.05. The van der Waals surface area contributed by atoms with E-state index in [9.17, 15) is 0 Å². The summed E-state index contributed by atoms with van der Waals surface area (Å²) < 4.78 is 7.01. The average molecular weight is 235 g/mol. The highest BCUT2D eigenvalue weighted by molar-refractivity contribution is 5.45. The normalized spacial score (nSPS) is 10.9. The first-order chi connectivity index (χ1) is 8.40. The molecule has 0 atom stereocenters. The number of nitrogens with two attached hydrogens (primary N) is 1. The number of nitrogens with one attached hydrogen (secondary N) is 1. The van der Waals surface area contributed by atoms with Crippen molar-refractivity contribution in [2.75, 3.05) is 31.6 Å². The third-order valence-electron chi connectivity index (χ3n) is 2.29. The molecule has 0 unspecified atom stereocenters. The molecule has 0 radical (unpaired) electrons. The molecule has 0 amide bonds. The Hall–Kier alpha value is -1.66. The third kappa shape index (κ3) is 3.40. The van der Waals surface area contributed by atoms with Crippen LogP contribution in [0.2, 0.25) is 0 Å². The Bertz CT molecular complexity index is 456. The zero-order valence-electron chi connectivity index (χ0n) is 9.67. The van der Waals surface area contributed by atoms with E-state index in [1.165, 1.54) is 0 Å². The van der Waals surface area contributed by atoms with Gasteiger partial charge in [0, 0.05) is 32.0 Å². The van der Waals surface area contributed by atoms with Gasteiger partial charge in [0.15, 0.2) is 5.65 Å². The number of aromatic nitrogens is 3. The molecule has 0 aliphatic heterocycles. The predicted molar refractivity (Wildman–Crippen MR) is 66.0 cm³/mol. The van der Waals surface area contributed by atoms with E-state index in [-0.39, 0.29) is 0 Å². The molecular formula is C11H17N5O. The van der Waals surface area contributed by atoms with E-state index in [1.54, 1.807) is 10.7 Å². The second-order valence-corrected chi connectivity index (χ2v) is 3.63. The van der Waals surface area contributed by atoms with Gasteiger partial charge in [-0.2, -0.15) is 5.10 Å². The van der Waals surface area contributed by atoms with E-state index in [0.717, 1.165) is 31.0 Å². The summed E-state index contributed by atoms with van der Waals surface area (Å²) in [7, 11) is 0. The summed E-state index contributed by atoms with van der Waals surface area (Å²) in [6.45, 7) is 2.76. The van der Waals surface area contributed by atoms with Gasteiger partial charge >= 0.3 is 0 Å². The zero-order valence-corrected chi connectivity index (χ0v) is 9.67. The van der Waals surface area contributed by atoms with Crippen molar-refractivity contribution in [1.82, 2.24) is 14.6 Å². The fourth-order valence-electron chi connectivity index (χ4n) is 1.49. The summed E-state index contributed by atoms with van der Waals surface area (Å²) in [5.41, 5.74) is 6.16. The Morgan fingerprint density at radius 3 is 3.18 bits per heavy atom. The van der Waals surface area contributed by atoms with E-state index < -0.39 is 0 Å². The topological polar surface area (TPSA) is 77.5 Å². The third-order valence-corrected chi connectivity index (χ3v) is 2.29. The first kappa shape index (κ1) is 11.8. The van der Waals surface area contributed by atoms with Crippen molar-refractivity contribution >= 4 is 11.5 Å². The number of ether oxygens (including phenoxy) is 1. The van der Waals surface area contributed by atoms with Crippen molar-refractivity contribution in [3.63, 3.8) is 0 Å². The van der Waals surface area contributed by atoms with Gasteiger partial charge in [-0.25, -0.2) is 9.50 Å². The molecule has 2 heterocycles. The van der Waals surface area contributed by atoms with Gasteiger partial charge in [-0.3, -0.25) is 0 Å². The molecule has 0 aliphatic carbocycles. The summed E-state index contributed by atoms with van der Waals surface area (Å²) in [5, 5.41) is 7.32. The molecule has 0 spiro atoms. The van der Waals surface area contributed by atoms with Crippen molar-refractivity contribution in [3.8, 4) is 0 Å². The largest absolute Gasteiger partial charge is 0.380 e. The lowest BCUT2D eigenvalue weighted by Crippen LogP contribution is -2.11. The molecule has 2 rings (SSSR count). The van der Waals surface area contributed by atoms with Gasteiger partial charge in [0.1, 0.15) is 5.82 Å². The van der Waals surface area contributed by atoms with Crippen molar-refractivity contribution in [1.29, 1.82) is 0 Å². The molecular weight excluding hydrogens is 218 g/mol. The van der Waals surface area contributed by atoms with Gasteiger partial charge in [0.2, 0.25) is 0 Å². The van der Waals surface area contributed by atoms with Crippen molar-refractivity contribution in [2.24, 2.45) is 5.73 Å². The predicted octanol–water partition coefficient (Wildman–Crippen LogP) is 0.507. The van der Waals surface area contributed by atoms with Crippen LogP contribution in [-0.4, -0.2) is 40.9 Å². The smallest absolute Gasteiger partial charge is 0.157 e. The highest BCUT2D eigenvalue weighted by atomic mass is 16.5. The van der Waals surface area contributed by atoms with Gasteiger partial charge < -0.3 is 15.8 Å². The maximum atomic E-state index is 5.32. The SMILES string of the molecule is NCCOCCCNc1ccn2nccc2n1. The summed E-state index contributed by atoms with van der Waals surface area (Å²) in [6.07, 6.45) is 4.55. The van der Waals surface area contributed by atoms with E-state index in [1.807, 2.05) is 18.3 Å². The lowest BCUT2D eigenvalue weighted by atomic mass is 10.4. The molecule has 0 saturated carbocycles.